The van der Waals surface area contributed by atoms with Crippen molar-refractivity contribution in [3.63, 3.8) is 0 Å². The van der Waals surface area contributed by atoms with Gasteiger partial charge in [-0.15, -0.1) is 12.4 Å². The van der Waals surface area contributed by atoms with Gasteiger partial charge in [-0.3, -0.25) is 4.98 Å². The van der Waals surface area contributed by atoms with E-state index < -0.39 is 0 Å². The van der Waals surface area contributed by atoms with E-state index >= 15 is 0 Å². The highest BCUT2D eigenvalue weighted by atomic mass is 35.5. The van der Waals surface area contributed by atoms with Crippen LogP contribution in [0.15, 0.2) is 16.9 Å². The van der Waals surface area contributed by atoms with Crippen LogP contribution in [0.3, 0.4) is 0 Å². The zero-order valence-corrected chi connectivity index (χ0v) is 9.30. The molecule has 0 radical (unpaired) electrons. The third-order valence-corrected chi connectivity index (χ3v) is 2.04. The van der Waals surface area contributed by atoms with Crippen molar-refractivity contribution in [3.05, 3.63) is 18.2 Å². The van der Waals surface area contributed by atoms with Crippen LogP contribution in [0.5, 0.6) is 11.7 Å². The largest absolute Gasteiger partial charge is 0.505 e. The Hall–Kier alpha value is -1.42. The van der Waals surface area contributed by atoms with Crippen LogP contribution in [0.25, 0.3) is 10.8 Å². The number of furan rings is 1. The molecule has 0 saturated carbocycles. The first-order valence-corrected chi connectivity index (χ1v) is 4.42. The number of aromatic hydroxyl groups is 1. The maximum Gasteiger partial charge on any atom is 0.296 e. The summed E-state index contributed by atoms with van der Waals surface area (Å²) in [6.45, 7) is 4.10. The molecule has 0 atom stereocenters. The topological polar surface area (TPSA) is 55.5 Å². The summed E-state index contributed by atoms with van der Waals surface area (Å²) in [5.41, 5.74) is 0.569. The molecule has 4 nitrogen and oxygen atoms in total. The van der Waals surface area contributed by atoms with E-state index in [0.29, 0.717) is 23.6 Å². The second-order valence-corrected chi connectivity index (χ2v) is 2.98. The van der Waals surface area contributed by atoms with Gasteiger partial charge in [0.05, 0.1) is 12.3 Å². The van der Waals surface area contributed by atoms with E-state index in [0.717, 1.165) is 5.39 Å². The number of halogens is 1. The molecule has 0 aliphatic rings. The van der Waals surface area contributed by atoms with Crippen LogP contribution >= 0.6 is 12.4 Å². The van der Waals surface area contributed by atoms with Crippen LogP contribution in [-0.4, -0.2) is 16.7 Å². The Morgan fingerprint density at radius 3 is 2.93 bits per heavy atom. The minimum Gasteiger partial charge on any atom is -0.505 e. The first-order chi connectivity index (χ1) is 6.74. The van der Waals surface area contributed by atoms with Gasteiger partial charge in [-0.25, -0.2) is 0 Å². The normalized spacial score (nSPS) is 10.0. The third kappa shape index (κ3) is 1.85. The zero-order chi connectivity index (χ0) is 10.1. The van der Waals surface area contributed by atoms with Crippen LogP contribution in [0.4, 0.5) is 0 Å². The van der Waals surface area contributed by atoms with Gasteiger partial charge in [0.2, 0.25) is 0 Å². The van der Waals surface area contributed by atoms with E-state index in [1.165, 1.54) is 6.26 Å². The summed E-state index contributed by atoms with van der Waals surface area (Å²) in [5, 5.41) is 11.1. The van der Waals surface area contributed by atoms with Crippen molar-refractivity contribution >= 4 is 23.2 Å². The van der Waals surface area contributed by atoms with Gasteiger partial charge < -0.3 is 14.3 Å². The molecule has 82 valence electrons. The van der Waals surface area contributed by atoms with Crippen molar-refractivity contribution in [2.24, 2.45) is 0 Å². The molecule has 2 aromatic rings. The molecule has 0 fully saturated rings. The van der Waals surface area contributed by atoms with Crippen LogP contribution in [0, 0.1) is 6.92 Å². The number of hydrogen-bond donors (Lipinski definition) is 1. The van der Waals surface area contributed by atoms with Gasteiger partial charge in [-0.05, 0) is 13.8 Å². The average Bonchev–Trinajstić information content (AvgIpc) is 2.57. The van der Waals surface area contributed by atoms with Crippen LogP contribution in [-0.2, 0) is 0 Å². The number of aromatic nitrogens is 1. The van der Waals surface area contributed by atoms with Crippen LogP contribution < -0.4 is 4.74 Å². The van der Waals surface area contributed by atoms with Crippen molar-refractivity contribution in [1.82, 2.24) is 4.98 Å². The maximum atomic E-state index is 9.75. The Morgan fingerprint density at radius 2 is 2.27 bits per heavy atom. The Morgan fingerprint density at radius 1 is 1.53 bits per heavy atom. The summed E-state index contributed by atoms with van der Waals surface area (Å²) >= 11 is 0. The lowest BCUT2D eigenvalue weighted by Gasteiger charge is -2.01. The fourth-order valence-corrected chi connectivity index (χ4v) is 1.33. The highest BCUT2D eigenvalue weighted by molar-refractivity contribution is 5.91. The minimum absolute atomic E-state index is 0. The number of rotatable bonds is 2. The molecular formula is C10H12ClNO3. The highest BCUT2D eigenvalue weighted by Gasteiger charge is 2.13. The van der Waals surface area contributed by atoms with Gasteiger partial charge in [-0.2, -0.15) is 0 Å². The number of hydrogen-bond acceptors (Lipinski definition) is 4. The molecule has 15 heavy (non-hydrogen) atoms. The van der Waals surface area contributed by atoms with Gasteiger partial charge in [0.25, 0.3) is 5.95 Å². The summed E-state index contributed by atoms with van der Waals surface area (Å²) in [6.07, 6.45) is 3.17. The van der Waals surface area contributed by atoms with Crippen molar-refractivity contribution in [2.75, 3.05) is 6.61 Å². The van der Waals surface area contributed by atoms with Crippen LogP contribution in [0.1, 0.15) is 12.6 Å². The fraction of sp³-hybridized carbons (Fsp3) is 0.300. The first-order valence-electron chi connectivity index (χ1n) is 4.42. The maximum absolute atomic E-state index is 9.75. The van der Waals surface area contributed by atoms with Crippen molar-refractivity contribution in [3.8, 4) is 11.7 Å². The van der Waals surface area contributed by atoms with Crippen molar-refractivity contribution in [2.45, 2.75) is 13.8 Å². The van der Waals surface area contributed by atoms with Crippen molar-refractivity contribution < 1.29 is 14.3 Å². The second-order valence-electron chi connectivity index (χ2n) is 2.98. The monoisotopic (exact) mass is 229 g/mol. The SMILES string of the molecule is CCOc1occ2cnc(C)c(O)c12.Cl. The van der Waals surface area contributed by atoms with E-state index in [-0.39, 0.29) is 18.2 Å². The standard InChI is InChI=1S/C10H11NO3.ClH/c1-3-13-10-8-7(5-14-10)4-11-6(2)9(8)12;/h4-5,12H,3H2,1-2H3;1H. The molecule has 2 heterocycles. The molecule has 0 bridgehead atoms. The summed E-state index contributed by atoms with van der Waals surface area (Å²) in [7, 11) is 0. The fourth-order valence-electron chi connectivity index (χ4n) is 1.33. The molecule has 2 rings (SSSR count). The lowest BCUT2D eigenvalue weighted by atomic mass is 10.2. The van der Waals surface area contributed by atoms with E-state index in [4.69, 9.17) is 9.15 Å². The molecular weight excluding hydrogens is 218 g/mol. The molecule has 2 aromatic heterocycles. The van der Waals surface area contributed by atoms with E-state index in [9.17, 15) is 5.11 Å². The van der Waals surface area contributed by atoms with E-state index in [1.54, 1.807) is 13.1 Å². The van der Waals surface area contributed by atoms with Gasteiger partial charge in [0, 0.05) is 11.6 Å². The number of aryl methyl sites for hydroxylation is 1. The Kier molecular flexibility index (Phi) is 3.42. The molecule has 0 aliphatic carbocycles. The van der Waals surface area contributed by atoms with E-state index in [1.807, 2.05) is 6.92 Å². The summed E-state index contributed by atoms with van der Waals surface area (Å²) < 4.78 is 10.4. The predicted molar refractivity (Wildman–Crippen MR) is 58.8 cm³/mol. The summed E-state index contributed by atoms with van der Waals surface area (Å²) in [4.78, 5) is 4.01. The number of fused-ring (bicyclic) bond motifs is 1. The number of nitrogens with zero attached hydrogens (tertiary/aromatic N) is 1. The zero-order valence-electron chi connectivity index (χ0n) is 8.48. The van der Waals surface area contributed by atoms with E-state index in [2.05, 4.69) is 4.98 Å². The molecule has 0 aromatic carbocycles. The van der Waals surface area contributed by atoms with Gasteiger partial charge in [-0.1, -0.05) is 0 Å². The van der Waals surface area contributed by atoms with Crippen LogP contribution in [0.2, 0.25) is 0 Å². The molecule has 0 amide bonds. The highest BCUT2D eigenvalue weighted by Crippen LogP contribution is 2.35. The lowest BCUT2D eigenvalue weighted by molar-refractivity contribution is 0.261. The summed E-state index contributed by atoms with van der Waals surface area (Å²) in [5.74, 6) is 0.477. The lowest BCUT2D eigenvalue weighted by Crippen LogP contribution is -1.90. The Balaban J connectivity index is 0.00000112. The molecule has 0 saturated heterocycles. The third-order valence-electron chi connectivity index (χ3n) is 2.04. The number of pyridine rings is 1. The van der Waals surface area contributed by atoms with Gasteiger partial charge in [0.1, 0.15) is 11.6 Å². The minimum atomic E-state index is 0. The predicted octanol–water partition coefficient (Wildman–Crippen LogP) is 2.66. The Bertz CT molecular complexity index is 467. The smallest absolute Gasteiger partial charge is 0.296 e. The van der Waals surface area contributed by atoms with Crippen molar-refractivity contribution in [1.29, 1.82) is 0 Å². The van der Waals surface area contributed by atoms with Gasteiger partial charge in [0.15, 0.2) is 5.75 Å². The Labute approximate surface area is 93.3 Å². The number of ether oxygens (including phenoxy) is 1. The second kappa shape index (κ2) is 4.40. The molecule has 0 spiro atoms. The molecule has 1 N–H and O–H groups in total. The quantitative estimate of drug-likeness (QED) is 0.860. The molecule has 0 unspecified atom stereocenters. The van der Waals surface area contributed by atoms with Gasteiger partial charge >= 0.3 is 0 Å². The molecule has 0 aliphatic heterocycles. The summed E-state index contributed by atoms with van der Waals surface area (Å²) in [6, 6.07) is 0. The first kappa shape index (κ1) is 11.7. The molecule has 5 heteroatoms. The average molecular weight is 230 g/mol.